The van der Waals surface area contributed by atoms with Gasteiger partial charge in [0, 0.05) is 24.2 Å². The summed E-state index contributed by atoms with van der Waals surface area (Å²) in [5.74, 6) is 0.909. The number of nitrogens with one attached hydrogen (secondary N) is 2. The predicted molar refractivity (Wildman–Crippen MR) is 156 cm³/mol. The molecule has 3 aliphatic rings. The van der Waals surface area contributed by atoms with Crippen molar-refractivity contribution in [2.45, 2.75) is 13.1 Å². The highest BCUT2D eigenvalue weighted by atomic mass is 16.6. The van der Waals surface area contributed by atoms with Crippen molar-refractivity contribution in [3.8, 4) is 11.5 Å². The largest absolute Gasteiger partial charge is 0.491 e. The fraction of sp³-hybridized carbons (Fsp3) is 0.375. The van der Waals surface area contributed by atoms with Crippen LogP contribution in [0.3, 0.4) is 0 Å². The second-order valence-corrected chi connectivity index (χ2v) is 9.38. The van der Waals surface area contributed by atoms with Gasteiger partial charge in [-0.2, -0.15) is 0 Å². The summed E-state index contributed by atoms with van der Waals surface area (Å²) in [6, 6.07) is 21.6. The Balaban J connectivity index is 1.31. The fourth-order valence-electron chi connectivity index (χ4n) is 3.98. The van der Waals surface area contributed by atoms with Crippen LogP contribution < -0.4 is 20.1 Å². The van der Waals surface area contributed by atoms with Crippen LogP contribution in [-0.4, -0.2) is 77.9 Å². The van der Waals surface area contributed by atoms with Crippen molar-refractivity contribution in [1.82, 2.24) is 10.6 Å². The predicted octanol–water partition coefficient (Wildman–Crippen LogP) is 3.38. The molecule has 3 aliphatic heterocycles. The molecule has 6 bridgehead atoms. The molecule has 0 atom stereocenters. The van der Waals surface area contributed by atoms with Crippen LogP contribution in [-0.2, 0) is 32.0 Å². The summed E-state index contributed by atoms with van der Waals surface area (Å²) in [4.78, 5) is 25.5. The van der Waals surface area contributed by atoms with E-state index in [2.05, 4.69) is 10.6 Å². The van der Waals surface area contributed by atoms with Gasteiger partial charge in [-0.3, -0.25) is 9.59 Å². The summed E-state index contributed by atoms with van der Waals surface area (Å²) in [5.41, 5.74) is 2.67. The fourth-order valence-corrected chi connectivity index (χ4v) is 3.98. The van der Waals surface area contributed by atoms with Gasteiger partial charge in [-0.05, 0) is 53.6 Å². The third-order valence-electron chi connectivity index (χ3n) is 6.25. The summed E-state index contributed by atoms with van der Waals surface area (Å²) < 4.78 is 33.5. The zero-order valence-corrected chi connectivity index (χ0v) is 23.7. The van der Waals surface area contributed by atoms with Crippen LogP contribution in [0, 0.1) is 0 Å². The average Bonchev–Trinajstić information content (AvgIpc) is 3.03. The summed E-state index contributed by atoms with van der Waals surface area (Å²) in [5, 5.41) is 5.80. The molecule has 0 saturated carbocycles. The number of ether oxygens (including phenoxy) is 6. The zero-order valence-electron chi connectivity index (χ0n) is 23.7. The van der Waals surface area contributed by atoms with Gasteiger partial charge in [0.2, 0.25) is 0 Å². The molecule has 224 valence electrons. The van der Waals surface area contributed by atoms with E-state index in [1.807, 2.05) is 48.5 Å². The van der Waals surface area contributed by atoms with E-state index in [-0.39, 0.29) is 11.8 Å². The van der Waals surface area contributed by atoms with Crippen LogP contribution >= 0.6 is 0 Å². The standard InChI is InChI=1S/C32H38N2O8/c35-31-27-2-1-3-28(22-27)32(36)34-24-26-6-10-30(11-7-26)42-21-19-40-17-15-38-13-12-37-14-16-39-18-20-41-29-8-4-25(5-9-29)23-33-31/h1-11,22H,12-21,23-24H2,(H,33,35)(H,34,36). The van der Waals surface area contributed by atoms with Gasteiger partial charge >= 0.3 is 0 Å². The summed E-state index contributed by atoms with van der Waals surface area (Å²) in [6.45, 7) is 5.30. The molecule has 0 unspecified atom stereocenters. The van der Waals surface area contributed by atoms with Gasteiger partial charge in [-0.1, -0.05) is 30.3 Å². The van der Waals surface area contributed by atoms with Crippen molar-refractivity contribution in [2.24, 2.45) is 0 Å². The maximum atomic E-state index is 12.8. The maximum Gasteiger partial charge on any atom is 0.251 e. The number of fused-ring (bicyclic) bond motifs is 2. The van der Waals surface area contributed by atoms with Crippen LogP contribution in [0.2, 0.25) is 0 Å². The number of benzene rings is 3. The molecule has 3 aromatic rings. The van der Waals surface area contributed by atoms with Crippen molar-refractivity contribution in [2.75, 3.05) is 66.1 Å². The molecule has 0 spiro atoms. The number of carbonyl (C=O) groups excluding carboxylic acids is 2. The number of hydrogen-bond donors (Lipinski definition) is 2. The number of rotatable bonds is 0. The molecule has 2 amide bonds. The van der Waals surface area contributed by atoms with E-state index in [1.54, 1.807) is 24.3 Å². The Morgan fingerprint density at radius 1 is 0.452 bits per heavy atom. The Kier molecular flexibility index (Phi) is 13.1. The third kappa shape index (κ3) is 11.1. The van der Waals surface area contributed by atoms with Gasteiger partial charge in [0.25, 0.3) is 11.8 Å². The molecule has 3 heterocycles. The van der Waals surface area contributed by atoms with Gasteiger partial charge in [0.15, 0.2) is 0 Å². The van der Waals surface area contributed by atoms with E-state index >= 15 is 0 Å². The Bertz CT molecular complexity index is 1140. The highest BCUT2D eigenvalue weighted by Crippen LogP contribution is 2.14. The molecule has 2 N–H and O–H groups in total. The Labute approximate surface area is 246 Å². The lowest BCUT2D eigenvalue weighted by Crippen LogP contribution is -2.25. The van der Waals surface area contributed by atoms with Crippen LogP contribution in [0.15, 0.2) is 72.8 Å². The SMILES string of the molecule is O=C1NCc2ccc(cc2)OCCOCCOCCOCCOCCOc2ccc(cc2)CNC(=O)c2cccc1c2. The maximum absolute atomic E-state index is 12.8. The lowest BCUT2D eigenvalue weighted by atomic mass is 10.1. The van der Waals surface area contributed by atoms with Crippen molar-refractivity contribution in [3.05, 3.63) is 95.1 Å². The van der Waals surface area contributed by atoms with Gasteiger partial charge in [-0.25, -0.2) is 0 Å². The molecule has 42 heavy (non-hydrogen) atoms. The Hall–Kier alpha value is -3.96. The minimum absolute atomic E-state index is 0.263. The molecule has 0 aromatic heterocycles. The Morgan fingerprint density at radius 2 is 0.810 bits per heavy atom. The number of carbonyl (C=O) groups is 2. The van der Waals surface area contributed by atoms with Gasteiger partial charge in [-0.15, -0.1) is 0 Å². The van der Waals surface area contributed by atoms with Gasteiger partial charge in [0.1, 0.15) is 24.7 Å². The van der Waals surface area contributed by atoms with Gasteiger partial charge in [0.05, 0.1) is 52.9 Å². The highest BCUT2D eigenvalue weighted by Gasteiger charge is 2.11. The first-order valence-corrected chi connectivity index (χ1v) is 14.1. The summed E-state index contributed by atoms with van der Waals surface area (Å²) in [6.07, 6.45) is 0. The first kappa shape index (κ1) is 31.0. The topological polar surface area (TPSA) is 114 Å². The van der Waals surface area contributed by atoms with E-state index < -0.39 is 0 Å². The number of hydrogen-bond acceptors (Lipinski definition) is 8. The molecule has 0 fully saturated rings. The second-order valence-electron chi connectivity index (χ2n) is 9.38. The van der Waals surface area contributed by atoms with E-state index in [9.17, 15) is 9.59 Å². The summed E-state index contributed by atoms with van der Waals surface area (Å²) >= 11 is 0. The van der Waals surface area contributed by atoms with Crippen LogP contribution in [0.1, 0.15) is 31.8 Å². The number of amides is 2. The normalized spacial score (nSPS) is 17.3. The van der Waals surface area contributed by atoms with Gasteiger partial charge < -0.3 is 39.1 Å². The highest BCUT2D eigenvalue weighted by molar-refractivity contribution is 5.99. The summed E-state index contributed by atoms with van der Waals surface area (Å²) in [7, 11) is 0. The molecule has 6 rings (SSSR count). The van der Waals surface area contributed by atoms with Crippen molar-refractivity contribution >= 4 is 11.8 Å². The Morgan fingerprint density at radius 3 is 1.19 bits per heavy atom. The molecular weight excluding hydrogens is 540 g/mol. The molecule has 0 aliphatic carbocycles. The monoisotopic (exact) mass is 578 g/mol. The first-order valence-electron chi connectivity index (χ1n) is 14.1. The lowest BCUT2D eigenvalue weighted by Gasteiger charge is -2.10. The van der Waals surface area contributed by atoms with E-state index in [0.29, 0.717) is 90.3 Å². The first-order chi connectivity index (χ1) is 20.7. The van der Waals surface area contributed by atoms with Crippen molar-refractivity contribution < 1.29 is 38.0 Å². The van der Waals surface area contributed by atoms with Crippen LogP contribution in [0.5, 0.6) is 11.5 Å². The third-order valence-corrected chi connectivity index (χ3v) is 6.25. The lowest BCUT2D eigenvalue weighted by molar-refractivity contribution is -0.00699. The average molecular weight is 579 g/mol. The van der Waals surface area contributed by atoms with Crippen molar-refractivity contribution in [3.63, 3.8) is 0 Å². The van der Waals surface area contributed by atoms with Crippen molar-refractivity contribution in [1.29, 1.82) is 0 Å². The molecule has 10 nitrogen and oxygen atoms in total. The van der Waals surface area contributed by atoms with Crippen LogP contribution in [0.4, 0.5) is 0 Å². The minimum Gasteiger partial charge on any atom is -0.491 e. The molecular formula is C32H38N2O8. The van der Waals surface area contributed by atoms with E-state index in [0.717, 1.165) is 22.6 Å². The molecule has 3 aromatic carbocycles. The van der Waals surface area contributed by atoms with E-state index in [4.69, 9.17) is 28.4 Å². The molecule has 10 heteroatoms. The van der Waals surface area contributed by atoms with E-state index in [1.165, 1.54) is 0 Å². The second kappa shape index (κ2) is 17.8. The van der Waals surface area contributed by atoms with Crippen LogP contribution in [0.25, 0.3) is 0 Å². The minimum atomic E-state index is -0.263. The zero-order chi connectivity index (χ0) is 29.2. The smallest absolute Gasteiger partial charge is 0.251 e. The molecule has 0 saturated heterocycles. The molecule has 0 radical (unpaired) electrons. The quantitative estimate of drug-likeness (QED) is 0.418.